The summed E-state index contributed by atoms with van der Waals surface area (Å²) in [5.41, 5.74) is -3.51. The summed E-state index contributed by atoms with van der Waals surface area (Å²) in [7, 11) is 0. The number of ether oxygens (including phenoxy) is 1. The lowest BCUT2D eigenvalue weighted by atomic mass is 9.67. The molecule has 4 nitrogen and oxygen atoms in total. The number of hydrogen-bond acceptors (Lipinski definition) is 3. The molecule has 1 saturated carbocycles. The van der Waals surface area contributed by atoms with Gasteiger partial charge in [-0.2, -0.15) is 13.2 Å². The molecular formula is C25H28F5NO3. The summed E-state index contributed by atoms with van der Waals surface area (Å²) in [5, 5.41) is 9.75. The van der Waals surface area contributed by atoms with Gasteiger partial charge in [0.05, 0.1) is 17.9 Å². The lowest BCUT2D eigenvalue weighted by Crippen LogP contribution is -2.53. The number of allylic oxidation sites excluding steroid dienone is 2. The Kier molecular flexibility index (Phi) is 6.88. The van der Waals surface area contributed by atoms with Crippen LogP contribution in [0.15, 0.2) is 48.3 Å². The largest absolute Gasteiger partial charge is 0.479 e. The number of rotatable bonds is 7. The van der Waals surface area contributed by atoms with Crippen LogP contribution in [0.4, 0.5) is 22.0 Å². The molecule has 34 heavy (non-hydrogen) atoms. The van der Waals surface area contributed by atoms with Crippen molar-refractivity contribution < 1.29 is 36.6 Å². The van der Waals surface area contributed by atoms with Gasteiger partial charge in [-0.15, -0.1) is 0 Å². The summed E-state index contributed by atoms with van der Waals surface area (Å²) in [5.74, 6) is -3.88. The van der Waals surface area contributed by atoms with Crippen molar-refractivity contribution in [1.29, 1.82) is 0 Å². The van der Waals surface area contributed by atoms with Crippen LogP contribution in [0.5, 0.6) is 0 Å². The van der Waals surface area contributed by atoms with E-state index in [9.17, 15) is 31.9 Å². The van der Waals surface area contributed by atoms with Gasteiger partial charge in [0.1, 0.15) is 11.6 Å². The van der Waals surface area contributed by atoms with Gasteiger partial charge in [-0.1, -0.05) is 30.7 Å². The van der Waals surface area contributed by atoms with Crippen LogP contribution in [0.2, 0.25) is 0 Å². The summed E-state index contributed by atoms with van der Waals surface area (Å²) in [4.78, 5) is 13.8. The van der Waals surface area contributed by atoms with Gasteiger partial charge in [-0.3, -0.25) is 0 Å². The summed E-state index contributed by atoms with van der Waals surface area (Å²) in [6.45, 7) is 0.975. The topological polar surface area (TPSA) is 49.8 Å². The minimum Gasteiger partial charge on any atom is -0.479 e. The molecule has 9 heteroatoms. The molecule has 4 rings (SSSR count). The molecule has 1 saturated heterocycles. The first kappa shape index (κ1) is 24.9. The van der Waals surface area contributed by atoms with Gasteiger partial charge < -0.3 is 14.7 Å². The van der Waals surface area contributed by atoms with Crippen LogP contribution in [0.1, 0.15) is 43.6 Å². The second-order valence-corrected chi connectivity index (χ2v) is 9.65. The summed E-state index contributed by atoms with van der Waals surface area (Å²) >= 11 is 0. The van der Waals surface area contributed by atoms with Crippen molar-refractivity contribution in [3.8, 4) is 0 Å². The van der Waals surface area contributed by atoms with Crippen LogP contribution in [0.25, 0.3) is 0 Å². The van der Waals surface area contributed by atoms with E-state index in [2.05, 4.69) is 0 Å². The molecule has 1 N–H and O–H groups in total. The Morgan fingerprint density at radius 3 is 2.35 bits per heavy atom. The highest BCUT2D eigenvalue weighted by Gasteiger charge is 2.58. The number of carboxylic acid groups (broad SMARTS) is 1. The van der Waals surface area contributed by atoms with E-state index in [1.807, 2.05) is 4.90 Å². The molecule has 2 fully saturated rings. The van der Waals surface area contributed by atoms with E-state index >= 15 is 0 Å². The molecule has 2 atom stereocenters. The van der Waals surface area contributed by atoms with Crippen molar-refractivity contribution >= 4 is 5.97 Å². The second-order valence-electron chi connectivity index (χ2n) is 9.65. The Hall–Kier alpha value is -2.26. The number of benzene rings is 1. The molecule has 2 aliphatic carbocycles. The van der Waals surface area contributed by atoms with Crippen molar-refractivity contribution in [3.05, 3.63) is 59.7 Å². The number of alkyl halides is 3. The maximum atomic E-state index is 14.9. The van der Waals surface area contributed by atoms with Gasteiger partial charge >= 0.3 is 12.1 Å². The third-order valence-corrected chi connectivity index (χ3v) is 7.46. The number of likely N-dealkylation sites (tertiary alicyclic amines) is 1. The van der Waals surface area contributed by atoms with Gasteiger partial charge in [0.2, 0.25) is 5.60 Å². The Bertz CT molecular complexity index is 964. The summed E-state index contributed by atoms with van der Waals surface area (Å²) in [6, 6.07) is 5.70. The van der Waals surface area contributed by atoms with Crippen molar-refractivity contribution in [1.82, 2.24) is 4.90 Å². The van der Waals surface area contributed by atoms with Crippen molar-refractivity contribution in [2.75, 3.05) is 26.2 Å². The predicted molar refractivity (Wildman–Crippen MR) is 115 cm³/mol. The standard InChI is InChI=1S/C25H28F5NO3/c26-20-5-2-1-4-18(20)19-6-11-24(22(32)33,14-21(19)27)34-15-17-7-12-31(13-8-17)16-23(9-3-10-23)25(28,29)30/h1-2,4-6,11,14,17,19H,3,7-10,12-13,15-16H2,(H,32,33). The van der Waals surface area contributed by atoms with Gasteiger partial charge in [0.25, 0.3) is 0 Å². The molecule has 0 amide bonds. The zero-order valence-electron chi connectivity index (χ0n) is 18.7. The Labute approximate surface area is 195 Å². The lowest BCUT2D eigenvalue weighted by molar-refractivity contribution is -0.256. The van der Waals surface area contributed by atoms with Gasteiger partial charge in [-0.25, -0.2) is 13.6 Å². The molecule has 1 aromatic carbocycles. The highest BCUT2D eigenvalue weighted by Crippen LogP contribution is 2.53. The number of piperidine rings is 1. The van der Waals surface area contributed by atoms with Crippen LogP contribution in [0, 0.1) is 17.2 Å². The number of hydrogen-bond donors (Lipinski definition) is 1. The Morgan fingerprint density at radius 1 is 1.15 bits per heavy atom. The summed E-state index contributed by atoms with van der Waals surface area (Å²) in [6.07, 6.45) is 1.24. The van der Waals surface area contributed by atoms with Crippen LogP contribution >= 0.6 is 0 Å². The highest BCUT2D eigenvalue weighted by atomic mass is 19.4. The maximum absolute atomic E-state index is 14.9. The number of aliphatic carboxylic acids is 1. The van der Waals surface area contributed by atoms with E-state index in [1.165, 1.54) is 30.4 Å². The molecule has 2 unspecified atom stereocenters. The van der Waals surface area contributed by atoms with E-state index in [0.717, 1.165) is 6.08 Å². The molecule has 0 aromatic heterocycles. The van der Waals surface area contributed by atoms with E-state index < -0.39 is 40.7 Å². The Morgan fingerprint density at radius 2 is 1.82 bits per heavy atom. The fourth-order valence-electron chi connectivity index (χ4n) is 5.07. The third kappa shape index (κ3) is 4.77. The number of nitrogens with zero attached hydrogens (tertiary/aromatic N) is 1. The molecular weight excluding hydrogens is 457 g/mol. The van der Waals surface area contributed by atoms with Crippen LogP contribution < -0.4 is 0 Å². The van der Waals surface area contributed by atoms with E-state index in [-0.39, 0.29) is 37.5 Å². The molecule has 1 heterocycles. The number of carbonyl (C=O) groups is 1. The van der Waals surface area contributed by atoms with Crippen molar-refractivity contribution in [3.63, 3.8) is 0 Å². The average Bonchev–Trinajstić information content (AvgIpc) is 2.75. The third-order valence-electron chi connectivity index (χ3n) is 7.46. The molecule has 3 aliphatic rings. The minimum atomic E-state index is -4.21. The molecule has 0 radical (unpaired) electrons. The molecule has 1 aromatic rings. The first-order valence-electron chi connectivity index (χ1n) is 11.5. The van der Waals surface area contributed by atoms with E-state index in [1.54, 1.807) is 6.07 Å². The zero-order valence-corrected chi connectivity index (χ0v) is 18.7. The molecule has 186 valence electrons. The van der Waals surface area contributed by atoms with Crippen LogP contribution in [-0.2, 0) is 9.53 Å². The molecule has 0 spiro atoms. The van der Waals surface area contributed by atoms with Gasteiger partial charge in [-0.05, 0) is 62.9 Å². The lowest BCUT2D eigenvalue weighted by Gasteiger charge is -2.47. The fraction of sp³-hybridized carbons (Fsp3) is 0.560. The van der Waals surface area contributed by atoms with Crippen molar-refractivity contribution in [2.45, 2.75) is 49.8 Å². The average molecular weight is 485 g/mol. The maximum Gasteiger partial charge on any atom is 0.395 e. The fourth-order valence-corrected chi connectivity index (χ4v) is 5.07. The normalized spacial score (nSPS) is 27.8. The van der Waals surface area contributed by atoms with Crippen LogP contribution in [-0.4, -0.2) is 54.0 Å². The SMILES string of the molecule is O=C(O)C1(OCC2CCN(CC3(C(F)(F)F)CCC3)CC2)C=CC(c2ccccc2F)C(F)=C1. The highest BCUT2D eigenvalue weighted by molar-refractivity contribution is 5.83. The monoisotopic (exact) mass is 485 g/mol. The first-order valence-corrected chi connectivity index (χ1v) is 11.5. The van der Waals surface area contributed by atoms with E-state index in [0.29, 0.717) is 32.4 Å². The predicted octanol–water partition coefficient (Wildman–Crippen LogP) is 5.62. The number of carboxylic acids is 1. The van der Waals surface area contributed by atoms with E-state index in [4.69, 9.17) is 4.74 Å². The first-order chi connectivity index (χ1) is 16.1. The molecule has 0 bridgehead atoms. The summed E-state index contributed by atoms with van der Waals surface area (Å²) < 4.78 is 75.0. The number of halogens is 5. The zero-order chi connectivity index (χ0) is 24.6. The quantitative estimate of drug-likeness (QED) is 0.403. The molecule has 1 aliphatic heterocycles. The Balaban J connectivity index is 1.35. The van der Waals surface area contributed by atoms with Crippen LogP contribution in [0.3, 0.4) is 0 Å². The van der Waals surface area contributed by atoms with Gasteiger partial charge in [0.15, 0.2) is 0 Å². The van der Waals surface area contributed by atoms with Gasteiger partial charge in [0, 0.05) is 12.1 Å². The minimum absolute atomic E-state index is 0.00272. The van der Waals surface area contributed by atoms with Crippen molar-refractivity contribution in [2.24, 2.45) is 11.3 Å². The smallest absolute Gasteiger partial charge is 0.395 e. The second kappa shape index (κ2) is 9.41.